The third kappa shape index (κ3) is 5.00. The van der Waals surface area contributed by atoms with E-state index in [4.69, 9.17) is 4.74 Å². The molecule has 7 nitrogen and oxygen atoms in total. The van der Waals surface area contributed by atoms with Crippen LogP contribution in [-0.2, 0) is 9.53 Å². The van der Waals surface area contributed by atoms with Gasteiger partial charge in [-0.2, -0.15) is 0 Å². The van der Waals surface area contributed by atoms with E-state index in [1.165, 1.54) is 6.92 Å². The van der Waals surface area contributed by atoms with E-state index in [9.17, 15) is 14.4 Å². The maximum absolute atomic E-state index is 12.8. The Bertz CT molecular complexity index is 1080. The van der Waals surface area contributed by atoms with E-state index < -0.39 is 24.0 Å². The van der Waals surface area contributed by atoms with Crippen molar-refractivity contribution in [3.63, 3.8) is 0 Å². The minimum atomic E-state index is -1.16. The van der Waals surface area contributed by atoms with Gasteiger partial charge in [0.1, 0.15) is 0 Å². The van der Waals surface area contributed by atoms with Crippen molar-refractivity contribution in [2.45, 2.75) is 32.8 Å². The van der Waals surface area contributed by atoms with Crippen LogP contribution >= 0.6 is 0 Å². The third-order valence-corrected chi connectivity index (χ3v) is 4.47. The zero-order valence-electron chi connectivity index (χ0n) is 17.0. The second kappa shape index (κ2) is 9.17. The number of benzene rings is 2. The molecule has 0 radical (unpaired) electrons. The zero-order valence-corrected chi connectivity index (χ0v) is 17.0. The molecule has 7 heteroatoms. The van der Waals surface area contributed by atoms with Crippen LogP contribution in [0, 0.1) is 0 Å². The molecule has 0 aliphatic rings. The number of para-hydroxylation sites is 2. The van der Waals surface area contributed by atoms with Crippen molar-refractivity contribution in [1.29, 1.82) is 0 Å². The number of esters is 1. The standard InChI is InChI=1S/C23H23N3O4/c1-14(2)20-13-18(17-11-7-8-12-19(17)25-20)22(28)30-15(3)21(27)26-23(29)24-16-9-5-4-6-10-16/h4-15H,1-3H3,(H2,24,26,27,29). The fraction of sp³-hybridized carbons (Fsp3) is 0.217. The Morgan fingerprint density at radius 3 is 2.30 bits per heavy atom. The summed E-state index contributed by atoms with van der Waals surface area (Å²) in [6.07, 6.45) is -1.16. The number of amides is 3. The first kappa shape index (κ1) is 21.0. The fourth-order valence-corrected chi connectivity index (χ4v) is 2.84. The van der Waals surface area contributed by atoms with Crippen molar-refractivity contribution in [2.24, 2.45) is 0 Å². The van der Waals surface area contributed by atoms with Gasteiger partial charge < -0.3 is 10.1 Å². The van der Waals surface area contributed by atoms with Crippen molar-refractivity contribution in [2.75, 3.05) is 5.32 Å². The Kier molecular flexibility index (Phi) is 6.41. The van der Waals surface area contributed by atoms with Gasteiger partial charge in [0.25, 0.3) is 5.91 Å². The predicted molar refractivity (Wildman–Crippen MR) is 114 cm³/mol. The van der Waals surface area contributed by atoms with Gasteiger partial charge in [-0.05, 0) is 37.1 Å². The van der Waals surface area contributed by atoms with E-state index in [-0.39, 0.29) is 5.92 Å². The van der Waals surface area contributed by atoms with Crippen molar-refractivity contribution in [3.05, 3.63) is 71.9 Å². The van der Waals surface area contributed by atoms with Crippen LogP contribution in [0.2, 0.25) is 0 Å². The Balaban J connectivity index is 1.70. The molecule has 3 rings (SSSR count). The molecule has 0 spiro atoms. The van der Waals surface area contributed by atoms with Crippen LogP contribution in [0.5, 0.6) is 0 Å². The highest BCUT2D eigenvalue weighted by molar-refractivity contribution is 6.06. The summed E-state index contributed by atoms with van der Waals surface area (Å²) < 4.78 is 5.33. The number of urea groups is 1. The number of hydrogen-bond donors (Lipinski definition) is 2. The van der Waals surface area contributed by atoms with Crippen LogP contribution in [0.25, 0.3) is 10.9 Å². The van der Waals surface area contributed by atoms with Crippen LogP contribution in [-0.4, -0.2) is 29.0 Å². The number of nitrogens with one attached hydrogen (secondary N) is 2. The van der Waals surface area contributed by atoms with Crippen molar-refractivity contribution < 1.29 is 19.1 Å². The number of fused-ring (bicyclic) bond motifs is 1. The number of hydrogen-bond acceptors (Lipinski definition) is 5. The molecule has 0 bridgehead atoms. The summed E-state index contributed by atoms with van der Waals surface area (Å²) in [6.45, 7) is 5.37. The van der Waals surface area contributed by atoms with E-state index >= 15 is 0 Å². The molecule has 3 aromatic rings. The van der Waals surface area contributed by atoms with Crippen LogP contribution in [0.1, 0.15) is 42.7 Å². The van der Waals surface area contributed by atoms with Gasteiger partial charge >= 0.3 is 12.0 Å². The highest BCUT2D eigenvalue weighted by atomic mass is 16.5. The number of rotatable bonds is 5. The first-order chi connectivity index (χ1) is 14.3. The minimum Gasteiger partial charge on any atom is -0.449 e. The van der Waals surface area contributed by atoms with Crippen LogP contribution in [0.3, 0.4) is 0 Å². The van der Waals surface area contributed by atoms with Crippen molar-refractivity contribution in [1.82, 2.24) is 10.3 Å². The SMILES string of the molecule is CC(OC(=O)c1cc(C(C)C)nc2ccccc12)C(=O)NC(=O)Nc1ccccc1. The van der Waals surface area contributed by atoms with Gasteiger partial charge in [0, 0.05) is 16.8 Å². The lowest BCUT2D eigenvalue weighted by molar-refractivity contribution is -0.127. The van der Waals surface area contributed by atoms with Gasteiger partial charge in [0.15, 0.2) is 6.10 Å². The second-order valence-corrected chi connectivity index (χ2v) is 7.12. The molecule has 2 aromatic carbocycles. The molecule has 1 aromatic heterocycles. The fourth-order valence-electron chi connectivity index (χ4n) is 2.84. The second-order valence-electron chi connectivity index (χ2n) is 7.12. The molecule has 154 valence electrons. The Labute approximate surface area is 174 Å². The van der Waals surface area contributed by atoms with E-state index in [1.807, 2.05) is 32.0 Å². The zero-order chi connectivity index (χ0) is 21.7. The molecule has 1 atom stereocenters. The molecular formula is C23H23N3O4. The summed E-state index contributed by atoms with van der Waals surface area (Å²) >= 11 is 0. The molecule has 3 amide bonds. The van der Waals surface area contributed by atoms with Gasteiger partial charge in [0.05, 0.1) is 11.1 Å². The quantitative estimate of drug-likeness (QED) is 0.619. The number of aromatic nitrogens is 1. The highest BCUT2D eigenvalue weighted by Gasteiger charge is 2.23. The number of anilines is 1. The van der Waals surface area contributed by atoms with E-state index in [0.717, 1.165) is 5.69 Å². The molecule has 30 heavy (non-hydrogen) atoms. The molecule has 0 saturated heterocycles. The Morgan fingerprint density at radius 2 is 1.60 bits per heavy atom. The van der Waals surface area contributed by atoms with E-state index in [2.05, 4.69) is 15.6 Å². The smallest absolute Gasteiger partial charge is 0.339 e. The van der Waals surface area contributed by atoms with Gasteiger partial charge in [0.2, 0.25) is 0 Å². The Hall–Kier alpha value is -3.74. The first-order valence-electron chi connectivity index (χ1n) is 9.62. The number of imide groups is 1. The van der Waals surface area contributed by atoms with Gasteiger partial charge in [-0.25, -0.2) is 9.59 Å². The molecule has 1 heterocycles. The minimum absolute atomic E-state index is 0.114. The molecule has 0 saturated carbocycles. The average molecular weight is 405 g/mol. The number of carbonyl (C=O) groups is 3. The molecule has 0 aliphatic heterocycles. The number of ether oxygens (including phenoxy) is 1. The van der Waals surface area contributed by atoms with Gasteiger partial charge in [-0.1, -0.05) is 50.2 Å². The average Bonchev–Trinajstić information content (AvgIpc) is 2.73. The topological polar surface area (TPSA) is 97.4 Å². The molecule has 1 unspecified atom stereocenters. The summed E-state index contributed by atoms with van der Waals surface area (Å²) in [5.41, 5.74) is 2.30. The Morgan fingerprint density at radius 1 is 0.933 bits per heavy atom. The third-order valence-electron chi connectivity index (χ3n) is 4.47. The van der Waals surface area contributed by atoms with Gasteiger partial charge in [-0.3, -0.25) is 15.1 Å². The van der Waals surface area contributed by atoms with Crippen LogP contribution < -0.4 is 10.6 Å². The summed E-state index contributed by atoms with van der Waals surface area (Å²) in [7, 11) is 0. The van der Waals surface area contributed by atoms with Crippen LogP contribution in [0.15, 0.2) is 60.7 Å². The molecular weight excluding hydrogens is 382 g/mol. The lowest BCUT2D eigenvalue weighted by Crippen LogP contribution is -2.41. The maximum atomic E-state index is 12.8. The highest BCUT2D eigenvalue weighted by Crippen LogP contribution is 2.23. The summed E-state index contributed by atoms with van der Waals surface area (Å²) in [5.74, 6) is -1.26. The number of pyridine rings is 1. The molecule has 0 aliphatic carbocycles. The molecule has 2 N–H and O–H groups in total. The monoisotopic (exact) mass is 405 g/mol. The first-order valence-corrected chi connectivity index (χ1v) is 9.62. The maximum Gasteiger partial charge on any atom is 0.339 e. The van der Waals surface area contributed by atoms with Crippen LogP contribution in [0.4, 0.5) is 10.5 Å². The predicted octanol–water partition coefficient (Wildman–Crippen LogP) is 4.25. The molecule has 0 fully saturated rings. The van der Waals surface area contributed by atoms with Crippen molar-refractivity contribution >= 4 is 34.5 Å². The lowest BCUT2D eigenvalue weighted by atomic mass is 10.0. The lowest BCUT2D eigenvalue weighted by Gasteiger charge is -2.15. The normalized spacial score (nSPS) is 11.7. The summed E-state index contributed by atoms with van der Waals surface area (Å²) in [5, 5.41) is 5.35. The number of nitrogens with zero attached hydrogens (tertiary/aromatic N) is 1. The van der Waals surface area contributed by atoms with Gasteiger partial charge in [-0.15, -0.1) is 0 Å². The summed E-state index contributed by atoms with van der Waals surface area (Å²) in [4.78, 5) is 41.6. The summed E-state index contributed by atoms with van der Waals surface area (Å²) in [6, 6.07) is 16.9. The number of carbonyl (C=O) groups excluding carboxylic acids is 3. The largest absolute Gasteiger partial charge is 0.449 e. The van der Waals surface area contributed by atoms with E-state index in [1.54, 1.807) is 42.5 Å². The van der Waals surface area contributed by atoms with E-state index in [0.29, 0.717) is 22.2 Å². The van der Waals surface area contributed by atoms with Crippen molar-refractivity contribution in [3.8, 4) is 0 Å².